The molecule has 1 saturated carbocycles. The van der Waals surface area contributed by atoms with Crippen molar-refractivity contribution >= 4 is 49.8 Å². The molecule has 4 aromatic carbocycles. The lowest BCUT2D eigenvalue weighted by molar-refractivity contribution is 0.0416. The molecule has 11 rings (SSSR count). The van der Waals surface area contributed by atoms with E-state index in [0.29, 0.717) is 28.2 Å². The second-order valence-electron chi connectivity index (χ2n) is 18.6. The van der Waals surface area contributed by atoms with E-state index in [4.69, 9.17) is 24.1 Å². The van der Waals surface area contributed by atoms with Crippen molar-refractivity contribution in [3.8, 4) is 28.6 Å². The van der Waals surface area contributed by atoms with Crippen LogP contribution < -0.4 is 4.74 Å². The standard InChI is InChI=1S/C50H47N5O2/c1-29-17-46(52-26-30(29)2)55-43-23-36(15-16-42(43)54-41-13-9-8-12-39(41)53-48(54)55)56-45-22-33(20-38-37-11-7-10-14-44(37)57-47(38)45)40-21-32-18-31(19-34(32)27-51-40)35-24-49(3,4)28-50(5,6)25-35/h7-17,20-23,26-27,31,35H,18-19,24-25,28H2,1-6H3. The lowest BCUT2D eigenvalue weighted by Gasteiger charge is -2.47. The van der Waals surface area contributed by atoms with Gasteiger partial charge in [0.2, 0.25) is 5.78 Å². The Kier molecular flexibility index (Phi) is 7.39. The van der Waals surface area contributed by atoms with Crippen LogP contribution in [0.1, 0.15) is 69.2 Å². The van der Waals surface area contributed by atoms with E-state index < -0.39 is 0 Å². The highest BCUT2D eigenvalue weighted by atomic mass is 16.5. The number of furan rings is 1. The van der Waals surface area contributed by atoms with Crippen LogP contribution in [-0.4, -0.2) is 23.9 Å². The van der Waals surface area contributed by atoms with Crippen LogP contribution >= 0.6 is 0 Å². The average Bonchev–Trinajstić information content (AvgIpc) is 3.94. The van der Waals surface area contributed by atoms with E-state index in [1.165, 1.54) is 36.0 Å². The highest BCUT2D eigenvalue weighted by Gasteiger charge is 2.42. The number of rotatable bonds is 5. The highest BCUT2D eigenvalue weighted by Crippen LogP contribution is 2.52. The van der Waals surface area contributed by atoms with Crippen molar-refractivity contribution in [2.45, 2.75) is 73.6 Å². The predicted molar refractivity (Wildman–Crippen MR) is 230 cm³/mol. The van der Waals surface area contributed by atoms with Crippen molar-refractivity contribution in [1.82, 2.24) is 23.9 Å². The van der Waals surface area contributed by atoms with Gasteiger partial charge in [-0.05, 0) is 145 Å². The number of imidazole rings is 2. The molecule has 2 aliphatic carbocycles. The summed E-state index contributed by atoms with van der Waals surface area (Å²) in [4.78, 5) is 15.1. The maximum atomic E-state index is 6.93. The van der Waals surface area contributed by atoms with E-state index >= 15 is 0 Å². The zero-order valence-corrected chi connectivity index (χ0v) is 33.6. The van der Waals surface area contributed by atoms with Crippen LogP contribution in [0.25, 0.3) is 66.9 Å². The smallest absolute Gasteiger partial charge is 0.221 e. The predicted octanol–water partition coefficient (Wildman–Crippen LogP) is 12.8. The number of fused-ring (bicyclic) bond motifs is 9. The van der Waals surface area contributed by atoms with Gasteiger partial charge in [0.1, 0.15) is 17.2 Å². The minimum absolute atomic E-state index is 0.383. The van der Waals surface area contributed by atoms with Crippen molar-refractivity contribution in [3.63, 3.8) is 0 Å². The van der Waals surface area contributed by atoms with Gasteiger partial charge in [0.15, 0.2) is 11.3 Å². The molecule has 1 unspecified atom stereocenters. The van der Waals surface area contributed by atoms with Gasteiger partial charge in [-0.1, -0.05) is 58.0 Å². The number of nitrogens with zero attached hydrogens (tertiary/aromatic N) is 5. The lowest BCUT2D eigenvalue weighted by Crippen LogP contribution is -2.37. The number of pyridine rings is 2. The molecule has 1 atom stereocenters. The first-order valence-corrected chi connectivity index (χ1v) is 20.4. The number of ether oxygens (including phenoxy) is 1. The third-order valence-electron chi connectivity index (χ3n) is 13.0. The Morgan fingerprint density at radius 2 is 1.49 bits per heavy atom. The normalized spacial score (nSPS) is 18.0. The summed E-state index contributed by atoms with van der Waals surface area (Å²) in [6.07, 6.45) is 10.2. The van der Waals surface area contributed by atoms with Gasteiger partial charge in [0, 0.05) is 34.8 Å². The first-order valence-electron chi connectivity index (χ1n) is 20.4. The fourth-order valence-electron chi connectivity index (χ4n) is 10.8. The van der Waals surface area contributed by atoms with E-state index in [0.717, 1.165) is 91.2 Å². The van der Waals surface area contributed by atoms with Gasteiger partial charge < -0.3 is 9.15 Å². The van der Waals surface area contributed by atoms with Crippen LogP contribution in [0.5, 0.6) is 11.5 Å². The highest BCUT2D eigenvalue weighted by molar-refractivity contribution is 6.08. The topological polar surface area (TPSA) is 70.4 Å². The molecule has 284 valence electrons. The SMILES string of the molecule is Cc1cnc(-n2c3cc(Oc4cc(-c5cc6c(cn5)CC(C5CC(C)(C)CC(C)(C)C5)C6)cc5c4oc4ccccc45)ccc3n3c4ccccc4nc23)cc1C. The van der Waals surface area contributed by atoms with Crippen LogP contribution in [0.3, 0.4) is 0 Å². The van der Waals surface area contributed by atoms with E-state index in [-0.39, 0.29) is 0 Å². The molecular formula is C50H47N5O2. The molecule has 0 amide bonds. The number of benzene rings is 4. The Hall–Kier alpha value is -5.95. The minimum atomic E-state index is 0.383. The molecule has 0 saturated heterocycles. The summed E-state index contributed by atoms with van der Waals surface area (Å²) < 4.78 is 17.8. The summed E-state index contributed by atoms with van der Waals surface area (Å²) in [5.41, 5.74) is 13.4. The average molecular weight is 750 g/mol. The fraction of sp³-hybridized carbons (Fsp3) is 0.300. The monoisotopic (exact) mass is 749 g/mol. The number of hydrogen-bond acceptors (Lipinski definition) is 5. The molecule has 0 N–H and O–H groups in total. The van der Waals surface area contributed by atoms with E-state index in [2.05, 4.69) is 123 Å². The van der Waals surface area contributed by atoms with Crippen molar-refractivity contribution in [2.75, 3.05) is 0 Å². The van der Waals surface area contributed by atoms with Gasteiger partial charge in [-0.2, -0.15) is 0 Å². The molecule has 5 aromatic heterocycles. The molecule has 0 spiro atoms. The van der Waals surface area contributed by atoms with Crippen molar-refractivity contribution in [1.29, 1.82) is 0 Å². The molecule has 57 heavy (non-hydrogen) atoms. The molecule has 1 fully saturated rings. The van der Waals surface area contributed by atoms with Gasteiger partial charge >= 0.3 is 0 Å². The summed E-state index contributed by atoms with van der Waals surface area (Å²) in [7, 11) is 0. The lowest BCUT2D eigenvalue weighted by atomic mass is 9.59. The molecule has 2 aliphatic rings. The van der Waals surface area contributed by atoms with Crippen molar-refractivity contribution in [3.05, 3.63) is 126 Å². The number of aryl methyl sites for hydroxylation is 2. The zero-order chi connectivity index (χ0) is 38.8. The maximum Gasteiger partial charge on any atom is 0.221 e. The molecule has 0 radical (unpaired) electrons. The maximum absolute atomic E-state index is 6.93. The molecule has 7 nitrogen and oxygen atoms in total. The quantitative estimate of drug-likeness (QED) is 0.175. The second-order valence-corrected chi connectivity index (χ2v) is 18.6. The van der Waals surface area contributed by atoms with Gasteiger partial charge in [0.25, 0.3) is 0 Å². The summed E-state index contributed by atoms with van der Waals surface area (Å²) in [5, 5.41) is 2.07. The molecule has 0 bridgehead atoms. The summed E-state index contributed by atoms with van der Waals surface area (Å²) in [6, 6.07) is 31.5. The number of hydrogen-bond donors (Lipinski definition) is 0. The van der Waals surface area contributed by atoms with Crippen LogP contribution in [0.15, 0.2) is 108 Å². The third-order valence-corrected chi connectivity index (χ3v) is 13.0. The van der Waals surface area contributed by atoms with Crippen LogP contribution in [0.2, 0.25) is 0 Å². The largest absolute Gasteiger partial charge is 0.453 e. The Bertz CT molecular complexity index is 3070. The molecular weight excluding hydrogens is 703 g/mol. The van der Waals surface area contributed by atoms with E-state index in [1.54, 1.807) is 0 Å². The zero-order valence-electron chi connectivity index (χ0n) is 33.6. The van der Waals surface area contributed by atoms with Gasteiger partial charge in [-0.3, -0.25) is 14.0 Å². The molecule has 9 aromatic rings. The van der Waals surface area contributed by atoms with Crippen molar-refractivity contribution in [2.24, 2.45) is 22.7 Å². The van der Waals surface area contributed by atoms with Crippen LogP contribution in [0.4, 0.5) is 0 Å². The van der Waals surface area contributed by atoms with Crippen LogP contribution in [-0.2, 0) is 12.8 Å². The number of aromatic nitrogens is 5. The summed E-state index contributed by atoms with van der Waals surface area (Å²) in [5.74, 6) is 4.38. The Labute approximate surface area is 332 Å². The minimum Gasteiger partial charge on any atom is -0.453 e. The molecule has 0 aliphatic heterocycles. The Morgan fingerprint density at radius 1 is 0.702 bits per heavy atom. The molecule has 7 heteroatoms. The van der Waals surface area contributed by atoms with Gasteiger partial charge in [-0.25, -0.2) is 9.97 Å². The third kappa shape index (κ3) is 5.65. The Balaban J connectivity index is 1.01. The number of para-hydroxylation sites is 3. The summed E-state index contributed by atoms with van der Waals surface area (Å²) in [6.45, 7) is 14.1. The van der Waals surface area contributed by atoms with E-state index in [1.807, 2.05) is 30.5 Å². The van der Waals surface area contributed by atoms with Gasteiger partial charge in [-0.15, -0.1) is 0 Å². The van der Waals surface area contributed by atoms with E-state index in [9.17, 15) is 0 Å². The first-order chi connectivity index (χ1) is 27.5. The fourth-order valence-corrected chi connectivity index (χ4v) is 10.8. The van der Waals surface area contributed by atoms with Gasteiger partial charge in [0.05, 0.1) is 27.8 Å². The molecule has 5 heterocycles. The second kappa shape index (κ2) is 12.3. The van der Waals surface area contributed by atoms with Crippen molar-refractivity contribution < 1.29 is 9.15 Å². The Morgan fingerprint density at radius 3 is 2.33 bits per heavy atom. The summed E-state index contributed by atoms with van der Waals surface area (Å²) >= 11 is 0. The van der Waals surface area contributed by atoms with Crippen LogP contribution in [0, 0.1) is 36.5 Å². The first kappa shape index (κ1) is 34.3.